The fraction of sp³-hybridized carbons (Fsp3) is 0.278. The molecule has 25 heavy (non-hydrogen) atoms. The highest BCUT2D eigenvalue weighted by Crippen LogP contribution is 2.24. The molecule has 2 aromatic rings. The van der Waals surface area contributed by atoms with E-state index in [1.165, 1.54) is 18.2 Å². The van der Waals surface area contributed by atoms with Gasteiger partial charge in [-0.05, 0) is 37.1 Å². The van der Waals surface area contributed by atoms with Crippen molar-refractivity contribution >= 4 is 21.7 Å². The molecule has 2 rings (SSSR count). The Kier molecular flexibility index (Phi) is 6.17. The molecule has 0 saturated heterocycles. The summed E-state index contributed by atoms with van der Waals surface area (Å²) in [4.78, 5) is 11.1. The van der Waals surface area contributed by atoms with Crippen LogP contribution in [0.2, 0.25) is 0 Å². The maximum absolute atomic E-state index is 12.7. The van der Waals surface area contributed by atoms with Crippen LogP contribution in [0.1, 0.15) is 36.2 Å². The molecule has 0 bridgehead atoms. The van der Waals surface area contributed by atoms with Gasteiger partial charge in [0.15, 0.2) is 0 Å². The maximum Gasteiger partial charge on any atom is 0.335 e. The van der Waals surface area contributed by atoms with Crippen molar-refractivity contribution < 1.29 is 18.3 Å². The third-order valence-electron chi connectivity index (χ3n) is 3.81. The molecule has 0 radical (unpaired) electrons. The smallest absolute Gasteiger partial charge is 0.335 e. The predicted octanol–water partition coefficient (Wildman–Crippen LogP) is 3.07. The van der Waals surface area contributed by atoms with Crippen molar-refractivity contribution in [2.24, 2.45) is 0 Å². The first-order valence-electron chi connectivity index (χ1n) is 8.01. The minimum Gasteiger partial charge on any atom is -0.478 e. The maximum atomic E-state index is 12.7. The first-order chi connectivity index (χ1) is 11.8. The molecule has 0 saturated carbocycles. The fourth-order valence-corrected chi connectivity index (χ4v) is 3.76. The Morgan fingerprint density at radius 1 is 1.16 bits per heavy atom. The average molecular weight is 362 g/mol. The lowest BCUT2D eigenvalue weighted by atomic mass is 10.2. The molecular formula is C18H22N2O4S. The molecule has 0 aliphatic carbocycles. The van der Waals surface area contributed by atoms with E-state index < -0.39 is 16.0 Å². The Morgan fingerprint density at radius 3 is 2.44 bits per heavy atom. The highest BCUT2D eigenvalue weighted by Gasteiger charge is 2.22. The highest BCUT2D eigenvalue weighted by atomic mass is 32.2. The SMILES string of the molecule is CCC(C)NS(=O)(=O)c1cc(C(=O)O)ccc1NCc1ccccc1. The van der Waals surface area contributed by atoms with E-state index in [1.807, 2.05) is 37.3 Å². The molecule has 3 N–H and O–H groups in total. The molecule has 0 aliphatic rings. The van der Waals surface area contributed by atoms with E-state index in [0.29, 0.717) is 18.7 Å². The van der Waals surface area contributed by atoms with Crippen molar-refractivity contribution in [3.63, 3.8) is 0 Å². The number of benzene rings is 2. The van der Waals surface area contributed by atoms with Crippen molar-refractivity contribution in [2.45, 2.75) is 37.8 Å². The van der Waals surface area contributed by atoms with Crippen LogP contribution in [0.15, 0.2) is 53.4 Å². The third kappa shape index (κ3) is 5.04. The predicted molar refractivity (Wildman–Crippen MR) is 97.2 cm³/mol. The molecule has 1 atom stereocenters. The number of anilines is 1. The summed E-state index contributed by atoms with van der Waals surface area (Å²) in [7, 11) is -3.84. The molecule has 0 aliphatic heterocycles. The van der Waals surface area contributed by atoms with Crippen molar-refractivity contribution in [1.29, 1.82) is 0 Å². The second kappa shape index (κ2) is 8.13. The minimum atomic E-state index is -3.84. The van der Waals surface area contributed by atoms with Crippen LogP contribution in [0, 0.1) is 0 Å². The van der Waals surface area contributed by atoms with Crippen LogP contribution in [0.5, 0.6) is 0 Å². The second-order valence-electron chi connectivity index (χ2n) is 5.79. The van der Waals surface area contributed by atoms with Gasteiger partial charge in [-0.15, -0.1) is 0 Å². The molecule has 7 heteroatoms. The number of sulfonamides is 1. The zero-order valence-electron chi connectivity index (χ0n) is 14.2. The van der Waals surface area contributed by atoms with Crippen LogP contribution in [-0.2, 0) is 16.6 Å². The molecule has 0 spiro atoms. The number of hydrogen-bond acceptors (Lipinski definition) is 4. The summed E-state index contributed by atoms with van der Waals surface area (Å²) in [6.45, 7) is 4.06. The van der Waals surface area contributed by atoms with Crippen molar-refractivity contribution in [3.8, 4) is 0 Å². The van der Waals surface area contributed by atoms with Gasteiger partial charge >= 0.3 is 5.97 Å². The lowest BCUT2D eigenvalue weighted by Gasteiger charge is -2.17. The number of aromatic carboxylic acids is 1. The Balaban J connectivity index is 2.36. The van der Waals surface area contributed by atoms with E-state index in [9.17, 15) is 13.2 Å². The Labute approximate surface area is 147 Å². The normalized spacial score (nSPS) is 12.6. The van der Waals surface area contributed by atoms with Gasteiger partial charge in [-0.3, -0.25) is 0 Å². The molecule has 2 aromatic carbocycles. The first kappa shape index (κ1) is 19.0. The zero-order chi connectivity index (χ0) is 18.4. The molecule has 0 heterocycles. The highest BCUT2D eigenvalue weighted by molar-refractivity contribution is 7.89. The van der Waals surface area contributed by atoms with Crippen molar-refractivity contribution in [1.82, 2.24) is 4.72 Å². The quantitative estimate of drug-likeness (QED) is 0.671. The van der Waals surface area contributed by atoms with Crippen molar-refractivity contribution in [3.05, 3.63) is 59.7 Å². The van der Waals surface area contributed by atoms with Gasteiger partial charge in [-0.1, -0.05) is 37.3 Å². The first-order valence-corrected chi connectivity index (χ1v) is 9.49. The second-order valence-corrected chi connectivity index (χ2v) is 7.47. The number of carbonyl (C=O) groups is 1. The Morgan fingerprint density at radius 2 is 1.84 bits per heavy atom. The monoisotopic (exact) mass is 362 g/mol. The number of carboxylic acid groups (broad SMARTS) is 1. The van der Waals surface area contributed by atoms with E-state index >= 15 is 0 Å². The minimum absolute atomic E-state index is 0.0661. The Bertz CT molecular complexity index is 835. The molecule has 0 fully saturated rings. The molecule has 0 amide bonds. The third-order valence-corrected chi connectivity index (χ3v) is 5.44. The topological polar surface area (TPSA) is 95.5 Å². The summed E-state index contributed by atoms with van der Waals surface area (Å²) in [5, 5.41) is 12.2. The summed E-state index contributed by atoms with van der Waals surface area (Å²) in [6, 6.07) is 13.3. The van der Waals surface area contributed by atoms with Crippen LogP contribution in [0.4, 0.5) is 5.69 Å². The number of hydrogen-bond donors (Lipinski definition) is 3. The van der Waals surface area contributed by atoms with E-state index in [1.54, 1.807) is 6.92 Å². The Hall–Kier alpha value is -2.38. The van der Waals surface area contributed by atoms with Crippen LogP contribution >= 0.6 is 0 Å². The molecule has 6 nitrogen and oxygen atoms in total. The number of rotatable bonds is 8. The zero-order valence-corrected chi connectivity index (χ0v) is 15.0. The standard InChI is InChI=1S/C18H22N2O4S/c1-3-13(2)20-25(23,24)17-11-15(18(21)22)9-10-16(17)19-12-14-7-5-4-6-8-14/h4-11,13,19-20H,3,12H2,1-2H3,(H,21,22). The average Bonchev–Trinajstić information content (AvgIpc) is 2.60. The van der Waals surface area contributed by atoms with Crippen LogP contribution in [-0.4, -0.2) is 25.5 Å². The van der Waals surface area contributed by atoms with Gasteiger partial charge in [0.25, 0.3) is 0 Å². The van der Waals surface area contributed by atoms with Gasteiger partial charge in [-0.25, -0.2) is 17.9 Å². The molecule has 134 valence electrons. The molecule has 1 unspecified atom stereocenters. The summed E-state index contributed by atoms with van der Waals surface area (Å²) < 4.78 is 27.9. The van der Waals surface area contributed by atoms with Crippen LogP contribution in [0.25, 0.3) is 0 Å². The van der Waals surface area contributed by atoms with Gasteiger partial charge in [0.05, 0.1) is 11.3 Å². The summed E-state index contributed by atoms with van der Waals surface area (Å²) in [5.41, 5.74) is 1.28. The van der Waals surface area contributed by atoms with E-state index in [4.69, 9.17) is 5.11 Å². The molecule has 0 aromatic heterocycles. The van der Waals surface area contributed by atoms with Gasteiger partial charge in [-0.2, -0.15) is 0 Å². The summed E-state index contributed by atoms with van der Waals surface area (Å²) >= 11 is 0. The van der Waals surface area contributed by atoms with E-state index in [-0.39, 0.29) is 16.5 Å². The molecular weight excluding hydrogens is 340 g/mol. The van der Waals surface area contributed by atoms with Crippen LogP contribution in [0.3, 0.4) is 0 Å². The summed E-state index contributed by atoms with van der Waals surface area (Å²) in [5.74, 6) is -1.17. The van der Waals surface area contributed by atoms with Gasteiger partial charge in [0, 0.05) is 12.6 Å². The number of carboxylic acids is 1. The van der Waals surface area contributed by atoms with E-state index in [2.05, 4.69) is 10.0 Å². The van der Waals surface area contributed by atoms with Crippen LogP contribution < -0.4 is 10.0 Å². The number of nitrogens with one attached hydrogen (secondary N) is 2. The lowest BCUT2D eigenvalue weighted by molar-refractivity contribution is 0.0696. The largest absolute Gasteiger partial charge is 0.478 e. The lowest BCUT2D eigenvalue weighted by Crippen LogP contribution is -2.32. The summed E-state index contributed by atoms with van der Waals surface area (Å²) in [6.07, 6.45) is 0.630. The van der Waals surface area contributed by atoms with E-state index in [0.717, 1.165) is 5.56 Å². The van der Waals surface area contributed by atoms with Crippen molar-refractivity contribution in [2.75, 3.05) is 5.32 Å². The van der Waals surface area contributed by atoms with Gasteiger partial charge in [0.2, 0.25) is 10.0 Å². The van der Waals surface area contributed by atoms with Gasteiger partial charge in [0.1, 0.15) is 4.90 Å². The van der Waals surface area contributed by atoms with Gasteiger partial charge < -0.3 is 10.4 Å². The fourth-order valence-electron chi connectivity index (χ4n) is 2.23.